The van der Waals surface area contributed by atoms with Crippen molar-refractivity contribution >= 4 is 17.7 Å². The third-order valence-electron chi connectivity index (χ3n) is 4.14. The van der Waals surface area contributed by atoms with Gasteiger partial charge in [0, 0.05) is 5.75 Å². The van der Waals surface area contributed by atoms with Crippen LogP contribution in [0.4, 0.5) is 0 Å². The molecule has 3 atom stereocenters. The summed E-state index contributed by atoms with van der Waals surface area (Å²) in [6.45, 7) is 2.25. The Morgan fingerprint density at radius 3 is 2.00 bits per heavy atom. The molecule has 130 valence electrons. The molecule has 0 spiro atoms. The Morgan fingerprint density at radius 2 is 1.50 bits per heavy atom. The number of thioether (sulfide) groups is 1. The minimum absolute atomic E-state index is 0.546. The van der Waals surface area contributed by atoms with Crippen LogP contribution in [-0.2, 0) is 9.53 Å². The molecule has 4 nitrogen and oxygen atoms in total. The van der Waals surface area contributed by atoms with Gasteiger partial charge in [-0.15, -0.1) is 0 Å². The highest BCUT2D eigenvalue weighted by Crippen LogP contribution is 2.21. The fourth-order valence-electron chi connectivity index (χ4n) is 2.66. The van der Waals surface area contributed by atoms with E-state index >= 15 is 0 Å². The monoisotopic (exact) mass is 332 g/mol. The fraction of sp³-hybridized carbons (Fsp3) is 0.941. The Balaban J connectivity index is 1.83. The molecule has 1 fully saturated rings. The van der Waals surface area contributed by atoms with E-state index in [1.165, 1.54) is 64.2 Å². The molecule has 22 heavy (non-hydrogen) atoms. The highest BCUT2D eigenvalue weighted by atomic mass is 32.2. The van der Waals surface area contributed by atoms with Crippen LogP contribution in [0.25, 0.3) is 0 Å². The predicted molar refractivity (Wildman–Crippen MR) is 91.1 cm³/mol. The number of aliphatic hydroxyl groups excluding tert-OH is 2. The van der Waals surface area contributed by atoms with E-state index in [1.807, 2.05) is 0 Å². The molecule has 0 aromatic heterocycles. The third-order valence-corrected chi connectivity index (χ3v) is 5.28. The van der Waals surface area contributed by atoms with Crippen molar-refractivity contribution < 1.29 is 19.7 Å². The molecular weight excluding hydrogens is 300 g/mol. The maximum Gasteiger partial charge on any atom is 0.338 e. The molecule has 0 bridgehead atoms. The van der Waals surface area contributed by atoms with Crippen molar-refractivity contribution in [2.75, 3.05) is 11.5 Å². The summed E-state index contributed by atoms with van der Waals surface area (Å²) in [5, 5.41) is 18.9. The normalized spacial score (nSPS) is 24.7. The lowest BCUT2D eigenvalue weighted by molar-refractivity contribution is -0.146. The largest absolute Gasteiger partial charge is 0.457 e. The number of hydrogen-bond donors (Lipinski definition) is 2. The fourth-order valence-corrected chi connectivity index (χ4v) is 3.73. The summed E-state index contributed by atoms with van der Waals surface area (Å²) < 4.78 is 4.93. The van der Waals surface area contributed by atoms with Crippen molar-refractivity contribution in [2.45, 2.75) is 89.4 Å². The lowest BCUT2D eigenvalue weighted by Crippen LogP contribution is -2.32. The van der Waals surface area contributed by atoms with Crippen molar-refractivity contribution in [2.24, 2.45) is 0 Å². The maximum atomic E-state index is 11.1. The zero-order chi connectivity index (χ0) is 16.2. The van der Waals surface area contributed by atoms with Gasteiger partial charge in [0.2, 0.25) is 0 Å². The van der Waals surface area contributed by atoms with E-state index in [0.717, 1.165) is 5.75 Å². The molecule has 0 saturated carbocycles. The van der Waals surface area contributed by atoms with Crippen LogP contribution in [-0.4, -0.2) is 46.0 Å². The van der Waals surface area contributed by atoms with Gasteiger partial charge >= 0.3 is 5.97 Å². The second-order valence-electron chi connectivity index (χ2n) is 6.17. The Labute approximate surface area is 139 Å². The zero-order valence-corrected chi connectivity index (χ0v) is 14.7. The predicted octanol–water partition coefficient (Wildman–Crippen LogP) is 3.29. The molecular formula is C17H32O4S. The lowest BCUT2D eigenvalue weighted by Gasteiger charge is -2.12. The number of hydrogen-bond acceptors (Lipinski definition) is 5. The van der Waals surface area contributed by atoms with Gasteiger partial charge in [-0.3, -0.25) is 0 Å². The van der Waals surface area contributed by atoms with E-state index < -0.39 is 24.3 Å². The highest BCUT2D eigenvalue weighted by Gasteiger charge is 2.42. The van der Waals surface area contributed by atoms with E-state index in [4.69, 9.17) is 4.74 Å². The number of ether oxygens (including phenoxy) is 1. The van der Waals surface area contributed by atoms with Gasteiger partial charge in [0.25, 0.3) is 0 Å². The molecule has 0 aliphatic carbocycles. The van der Waals surface area contributed by atoms with Crippen LogP contribution < -0.4 is 0 Å². The molecule has 0 aromatic rings. The summed E-state index contributed by atoms with van der Waals surface area (Å²) in [4.78, 5) is 11.1. The maximum absolute atomic E-state index is 11.1. The van der Waals surface area contributed by atoms with Crippen LogP contribution in [0.1, 0.15) is 71.1 Å². The first-order valence-electron chi connectivity index (χ1n) is 8.81. The number of carbonyl (C=O) groups excluding carboxylic acids is 1. The molecule has 1 aliphatic heterocycles. The summed E-state index contributed by atoms with van der Waals surface area (Å²) in [6.07, 6.45) is 10.3. The van der Waals surface area contributed by atoms with E-state index in [1.54, 1.807) is 11.8 Å². The van der Waals surface area contributed by atoms with Gasteiger partial charge in [-0.2, -0.15) is 11.8 Å². The number of rotatable bonds is 13. The first-order chi connectivity index (χ1) is 10.7. The summed E-state index contributed by atoms with van der Waals surface area (Å²) in [5.41, 5.74) is 0. The second-order valence-corrected chi connectivity index (χ2v) is 7.32. The van der Waals surface area contributed by atoms with Crippen LogP contribution >= 0.6 is 11.8 Å². The van der Waals surface area contributed by atoms with Gasteiger partial charge in [0.15, 0.2) is 6.10 Å². The first kappa shape index (κ1) is 19.8. The summed E-state index contributed by atoms with van der Waals surface area (Å²) in [5.74, 6) is 0.895. The standard InChI is InChI=1S/C17H32O4S/c1-2-3-4-5-6-7-8-9-10-11-12-22-13-14-15(18)16(19)17(20)21-14/h14-16,18-19H,2-13H2,1H3/t14-,15+,16-/m1/s1. The topological polar surface area (TPSA) is 66.8 Å². The lowest BCUT2D eigenvalue weighted by atomic mass is 10.1. The van der Waals surface area contributed by atoms with Gasteiger partial charge < -0.3 is 14.9 Å². The molecule has 5 heteroatoms. The minimum atomic E-state index is -1.36. The molecule has 1 heterocycles. The molecule has 2 N–H and O–H groups in total. The van der Waals surface area contributed by atoms with Gasteiger partial charge in [0.05, 0.1) is 0 Å². The van der Waals surface area contributed by atoms with Crippen molar-refractivity contribution in [3.8, 4) is 0 Å². The Bertz CT molecular complexity index is 298. The molecule has 0 radical (unpaired) electrons. The number of esters is 1. The summed E-state index contributed by atoms with van der Waals surface area (Å²) >= 11 is 1.69. The van der Waals surface area contributed by atoms with E-state index in [-0.39, 0.29) is 0 Å². The molecule has 0 amide bonds. The third kappa shape index (κ3) is 7.84. The molecule has 0 aromatic carbocycles. The van der Waals surface area contributed by atoms with Crippen LogP contribution in [0.3, 0.4) is 0 Å². The average Bonchev–Trinajstić information content (AvgIpc) is 2.75. The molecule has 1 saturated heterocycles. The number of aliphatic hydroxyl groups is 2. The van der Waals surface area contributed by atoms with E-state index in [9.17, 15) is 15.0 Å². The number of cyclic esters (lactones) is 1. The summed E-state index contributed by atoms with van der Waals surface area (Å²) in [6, 6.07) is 0. The van der Waals surface area contributed by atoms with Gasteiger partial charge in [-0.05, 0) is 12.2 Å². The van der Waals surface area contributed by atoms with E-state index in [2.05, 4.69) is 6.92 Å². The zero-order valence-electron chi connectivity index (χ0n) is 13.8. The smallest absolute Gasteiger partial charge is 0.338 e. The molecule has 1 aliphatic rings. The van der Waals surface area contributed by atoms with E-state index in [0.29, 0.717) is 5.75 Å². The first-order valence-corrected chi connectivity index (χ1v) is 9.96. The highest BCUT2D eigenvalue weighted by molar-refractivity contribution is 7.99. The van der Waals surface area contributed by atoms with Gasteiger partial charge in [-0.25, -0.2) is 4.79 Å². The summed E-state index contributed by atoms with van der Waals surface area (Å²) in [7, 11) is 0. The van der Waals surface area contributed by atoms with Crippen LogP contribution in [0.5, 0.6) is 0 Å². The minimum Gasteiger partial charge on any atom is -0.457 e. The Kier molecular flexibility index (Phi) is 11.0. The van der Waals surface area contributed by atoms with Gasteiger partial charge in [-0.1, -0.05) is 64.7 Å². The van der Waals surface area contributed by atoms with Crippen molar-refractivity contribution in [3.05, 3.63) is 0 Å². The quantitative estimate of drug-likeness (QED) is 0.400. The number of unbranched alkanes of at least 4 members (excludes halogenated alkanes) is 9. The molecule has 0 unspecified atom stereocenters. The average molecular weight is 333 g/mol. The number of carbonyl (C=O) groups is 1. The van der Waals surface area contributed by atoms with Crippen molar-refractivity contribution in [1.82, 2.24) is 0 Å². The molecule has 1 rings (SSSR count). The van der Waals surface area contributed by atoms with Gasteiger partial charge in [0.1, 0.15) is 12.2 Å². The van der Waals surface area contributed by atoms with Crippen LogP contribution in [0.2, 0.25) is 0 Å². The van der Waals surface area contributed by atoms with Crippen molar-refractivity contribution in [1.29, 1.82) is 0 Å². The SMILES string of the molecule is CCCCCCCCCCCCSC[C@H]1OC(=O)[C@H](O)[C@H]1O. The van der Waals surface area contributed by atoms with Crippen molar-refractivity contribution in [3.63, 3.8) is 0 Å². The van der Waals surface area contributed by atoms with Crippen LogP contribution in [0.15, 0.2) is 0 Å². The Hall–Kier alpha value is -0.260. The Morgan fingerprint density at radius 1 is 0.955 bits per heavy atom. The second kappa shape index (κ2) is 12.2. The van der Waals surface area contributed by atoms with Crippen LogP contribution in [0, 0.1) is 0 Å².